The summed E-state index contributed by atoms with van der Waals surface area (Å²) in [5.41, 5.74) is 2.81. The average Bonchev–Trinajstić information content (AvgIpc) is 3.14. The fourth-order valence-electron chi connectivity index (χ4n) is 3.21. The van der Waals surface area contributed by atoms with Crippen molar-refractivity contribution >= 4 is 32.0 Å². The number of ketones is 1. The summed E-state index contributed by atoms with van der Waals surface area (Å²) >= 11 is 0. The van der Waals surface area contributed by atoms with Crippen LogP contribution in [-0.4, -0.2) is 24.9 Å². The number of nitriles is 1. The van der Waals surface area contributed by atoms with Crippen LogP contribution >= 0.6 is 0 Å². The second kappa shape index (κ2) is 6.08. The zero-order valence-electron chi connectivity index (χ0n) is 14.4. The molecule has 6 heteroatoms. The van der Waals surface area contributed by atoms with E-state index in [9.17, 15) is 18.5 Å². The largest absolute Gasteiger partial charge is 0.316 e. The molecule has 2 aromatic heterocycles. The van der Waals surface area contributed by atoms with Crippen molar-refractivity contribution in [2.75, 3.05) is 6.26 Å². The highest BCUT2D eigenvalue weighted by molar-refractivity contribution is 7.90. The number of rotatable bonds is 3. The molecule has 4 aromatic rings. The molecule has 5 nitrogen and oxygen atoms in total. The Morgan fingerprint density at radius 2 is 1.78 bits per heavy atom. The summed E-state index contributed by atoms with van der Waals surface area (Å²) in [4.78, 5) is 13.3. The van der Waals surface area contributed by atoms with Crippen LogP contribution in [0.25, 0.3) is 16.4 Å². The van der Waals surface area contributed by atoms with Gasteiger partial charge in [0.05, 0.1) is 22.0 Å². The van der Waals surface area contributed by atoms with Crippen LogP contribution in [0.5, 0.6) is 0 Å². The normalized spacial score (nSPS) is 11.6. The van der Waals surface area contributed by atoms with Crippen LogP contribution in [0.4, 0.5) is 0 Å². The van der Waals surface area contributed by atoms with E-state index in [0.29, 0.717) is 22.2 Å². The summed E-state index contributed by atoms with van der Waals surface area (Å²) in [7, 11) is -3.34. The molecule has 4 rings (SSSR count). The van der Waals surface area contributed by atoms with Gasteiger partial charge in [-0.15, -0.1) is 0 Å². The first kappa shape index (κ1) is 17.0. The van der Waals surface area contributed by atoms with E-state index in [2.05, 4.69) is 6.07 Å². The average molecular weight is 374 g/mol. The molecule has 0 bridgehead atoms. The van der Waals surface area contributed by atoms with Gasteiger partial charge in [0.15, 0.2) is 15.6 Å². The lowest BCUT2D eigenvalue weighted by Crippen LogP contribution is -2.06. The highest BCUT2D eigenvalue weighted by Gasteiger charge is 2.17. The van der Waals surface area contributed by atoms with Crippen molar-refractivity contribution in [3.8, 4) is 6.07 Å². The van der Waals surface area contributed by atoms with Crippen LogP contribution in [-0.2, 0) is 9.84 Å². The van der Waals surface area contributed by atoms with Crippen molar-refractivity contribution in [3.05, 3.63) is 83.6 Å². The summed E-state index contributed by atoms with van der Waals surface area (Å²) in [6.07, 6.45) is 2.99. The smallest absolute Gasteiger partial charge is 0.195 e. The fraction of sp³-hybridized carbons (Fsp3) is 0.0476. The molecule has 0 aliphatic carbocycles. The first-order chi connectivity index (χ1) is 12.9. The number of benzene rings is 2. The highest BCUT2D eigenvalue weighted by Crippen LogP contribution is 2.26. The van der Waals surface area contributed by atoms with Gasteiger partial charge in [0.1, 0.15) is 0 Å². The number of nitrogens with zero attached hydrogens (tertiary/aromatic N) is 2. The van der Waals surface area contributed by atoms with E-state index in [1.54, 1.807) is 12.1 Å². The van der Waals surface area contributed by atoms with Gasteiger partial charge >= 0.3 is 0 Å². The van der Waals surface area contributed by atoms with Crippen LogP contribution in [0.2, 0.25) is 0 Å². The molecule has 0 fully saturated rings. The number of hydrogen-bond acceptors (Lipinski definition) is 4. The monoisotopic (exact) mass is 374 g/mol. The van der Waals surface area contributed by atoms with E-state index < -0.39 is 9.84 Å². The molecule has 0 saturated heterocycles. The van der Waals surface area contributed by atoms with E-state index in [-0.39, 0.29) is 10.7 Å². The standard InChI is InChI=1S/C21H14N2O3S/c1-27(25,26)18-8-5-15(6-9-18)21(24)19-12-14(13-22)11-16-4-7-17-3-2-10-23(17)20(16)19/h2-12H,1H3. The molecule has 27 heavy (non-hydrogen) atoms. The second-order valence-electron chi connectivity index (χ2n) is 6.34. The van der Waals surface area contributed by atoms with Crippen molar-refractivity contribution in [1.82, 2.24) is 4.40 Å². The summed E-state index contributed by atoms with van der Waals surface area (Å²) in [5, 5.41) is 10.1. The van der Waals surface area contributed by atoms with Crippen molar-refractivity contribution in [1.29, 1.82) is 5.26 Å². The van der Waals surface area contributed by atoms with Gasteiger partial charge < -0.3 is 4.40 Å². The molecular weight excluding hydrogens is 360 g/mol. The number of sulfone groups is 1. The molecule has 0 N–H and O–H groups in total. The Morgan fingerprint density at radius 1 is 1.04 bits per heavy atom. The fourth-order valence-corrected chi connectivity index (χ4v) is 3.84. The highest BCUT2D eigenvalue weighted by atomic mass is 32.2. The minimum absolute atomic E-state index is 0.155. The van der Waals surface area contributed by atoms with Crippen molar-refractivity contribution in [3.63, 3.8) is 0 Å². The predicted molar refractivity (Wildman–Crippen MR) is 103 cm³/mol. The first-order valence-corrected chi connectivity index (χ1v) is 10.1. The van der Waals surface area contributed by atoms with Gasteiger partial charge in [-0.25, -0.2) is 8.42 Å². The zero-order valence-corrected chi connectivity index (χ0v) is 15.2. The quantitative estimate of drug-likeness (QED) is 0.513. The molecule has 0 aliphatic heterocycles. The summed E-state index contributed by atoms with van der Waals surface area (Å²) in [5.74, 6) is -0.265. The van der Waals surface area contributed by atoms with Gasteiger partial charge in [0.25, 0.3) is 0 Å². The SMILES string of the molecule is CS(=O)(=O)c1ccc(C(=O)c2cc(C#N)cc3ccc4cccn4c23)cc1. The molecule has 2 aromatic carbocycles. The molecule has 0 radical (unpaired) electrons. The Kier molecular flexibility index (Phi) is 3.83. The molecule has 0 saturated carbocycles. The van der Waals surface area contributed by atoms with Gasteiger partial charge in [-0.2, -0.15) is 5.26 Å². The van der Waals surface area contributed by atoms with Gasteiger partial charge in [-0.3, -0.25) is 4.79 Å². The number of fused-ring (bicyclic) bond motifs is 3. The van der Waals surface area contributed by atoms with E-state index in [1.807, 2.05) is 34.9 Å². The third-order valence-corrected chi connectivity index (χ3v) is 5.64. The molecule has 2 heterocycles. The maximum atomic E-state index is 13.2. The van der Waals surface area contributed by atoms with Crippen LogP contribution < -0.4 is 0 Å². The van der Waals surface area contributed by atoms with Crippen LogP contribution in [0.1, 0.15) is 21.5 Å². The minimum Gasteiger partial charge on any atom is -0.316 e. The number of pyridine rings is 1. The maximum absolute atomic E-state index is 13.2. The van der Waals surface area contributed by atoms with Crippen molar-refractivity contribution in [2.24, 2.45) is 0 Å². The van der Waals surface area contributed by atoms with Gasteiger partial charge in [0.2, 0.25) is 0 Å². The van der Waals surface area contributed by atoms with Crippen LogP contribution in [0, 0.1) is 11.3 Å². The third kappa shape index (κ3) is 2.88. The van der Waals surface area contributed by atoms with Gasteiger partial charge in [-0.05, 0) is 54.6 Å². The Hall–Kier alpha value is -3.43. The molecule has 0 amide bonds. The first-order valence-electron chi connectivity index (χ1n) is 8.17. The molecule has 0 atom stereocenters. The second-order valence-corrected chi connectivity index (χ2v) is 8.35. The summed E-state index contributed by atoms with van der Waals surface area (Å²) in [6.45, 7) is 0. The molecule has 0 spiro atoms. The Balaban J connectivity index is 1.95. The van der Waals surface area contributed by atoms with E-state index in [4.69, 9.17) is 0 Å². The Labute approximate surface area is 156 Å². The van der Waals surface area contributed by atoms with Gasteiger partial charge in [-0.1, -0.05) is 6.07 Å². The van der Waals surface area contributed by atoms with Crippen LogP contribution in [0.3, 0.4) is 0 Å². The van der Waals surface area contributed by atoms with E-state index in [0.717, 1.165) is 17.2 Å². The zero-order chi connectivity index (χ0) is 19.2. The lowest BCUT2D eigenvalue weighted by molar-refractivity contribution is 0.104. The van der Waals surface area contributed by atoms with E-state index in [1.165, 1.54) is 24.3 Å². The number of carbonyl (C=O) groups is 1. The molecule has 132 valence electrons. The number of aromatic nitrogens is 1. The Morgan fingerprint density at radius 3 is 2.44 bits per heavy atom. The number of hydrogen-bond donors (Lipinski definition) is 0. The minimum atomic E-state index is -3.34. The topological polar surface area (TPSA) is 79.4 Å². The number of carbonyl (C=O) groups excluding carboxylic acids is 1. The third-order valence-electron chi connectivity index (χ3n) is 4.51. The molecule has 0 aliphatic rings. The molecule has 0 unspecified atom stereocenters. The van der Waals surface area contributed by atoms with Crippen molar-refractivity contribution in [2.45, 2.75) is 4.90 Å². The van der Waals surface area contributed by atoms with Crippen LogP contribution in [0.15, 0.2) is 71.8 Å². The maximum Gasteiger partial charge on any atom is 0.195 e. The van der Waals surface area contributed by atoms with Gasteiger partial charge in [0, 0.05) is 34.5 Å². The summed E-state index contributed by atoms with van der Waals surface area (Å²) < 4.78 is 25.2. The predicted octanol–water partition coefficient (Wildman–Crippen LogP) is 3.60. The lowest BCUT2D eigenvalue weighted by atomic mass is 9.98. The Bertz CT molecular complexity index is 1360. The molecular formula is C21H14N2O3S. The van der Waals surface area contributed by atoms with Crippen molar-refractivity contribution < 1.29 is 13.2 Å². The lowest BCUT2D eigenvalue weighted by Gasteiger charge is -2.10. The summed E-state index contributed by atoms with van der Waals surface area (Å²) in [6, 6.07) is 18.9. The van der Waals surface area contributed by atoms with E-state index >= 15 is 0 Å².